The highest BCUT2D eigenvalue weighted by atomic mass is 16.3. The summed E-state index contributed by atoms with van der Waals surface area (Å²) in [6.45, 7) is 11.7. The van der Waals surface area contributed by atoms with Gasteiger partial charge in [-0.05, 0) is 32.3 Å². The molecule has 0 unspecified atom stereocenters. The summed E-state index contributed by atoms with van der Waals surface area (Å²) >= 11 is 0. The lowest BCUT2D eigenvalue weighted by Gasteiger charge is -2.27. The van der Waals surface area contributed by atoms with Crippen LogP contribution in [0.1, 0.15) is 25.0 Å². The van der Waals surface area contributed by atoms with Crippen molar-refractivity contribution in [1.29, 1.82) is 0 Å². The monoisotopic (exact) mass is 385 g/mol. The Morgan fingerprint density at radius 2 is 1.04 bits per heavy atom. The molecule has 0 saturated heterocycles. The summed E-state index contributed by atoms with van der Waals surface area (Å²) in [6, 6.07) is 15.1. The van der Waals surface area contributed by atoms with Crippen LogP contribution in [-0.4, -0.2) is 71.2 Å². The van der Waals surface area contributed by atoms with Gasteiger partial charge in [-0.2, -0.15) is 0 Å². The quantitative estimate of drug-likeness (QED) is 0.587. The molecular formula is C23H35N3O2. The van der Waals surface area contributed by atoms with Gasteiger partial charge in [0.25, 0.3) is 0 Å². The van der Waals surface area contributed by atoms with Crippen LogP contribution in [0.25, 0.3) is 0 Å². The van der Waals surface area contributed by atoms with Gasteiger partial charge in [0.1, 0.15) is 11.5 Å². The first kappa shape index (κ1) is 22.2. The first-order chi connectivity index (χ1) is 13.5. The van der Waals surface area contributed by atoms with Crippen LogP contribution in [0.4, 0.5) is 0 Å². The highest BCUT2D eigenvalue weighted by Gasteiger charge is 2.11. The summed E-state index contributed by atoms with van der Waals surface area (Å²) in [7, 11) is 2.15. The number of para-hydroxylation sites is 2. The first-order valence-electron chi connectivity index (χ1n) is 10.2. The molecule has 2 aromatic carbocycles. The molecule has 0 bridgehead atoms. The Labute approximate surface area is 169 Å². The fourth-order valence-electron chi connectivity index (χ4n) is 3.20. The maximum atomic E-state index is 9.98. The lowest BCUT2D eigenvalue weighted by Crippen LogP contribution is -2.37. The minimum atomic E-state index is 0.372. The third-order valence-electron chi connectivity index (χ3n) is 5.26. The van der Waals surface area contributed by atoms with Crippen molar-refractivity contribution in [2.45, 2.75) is 26.9 Å². The average molecular weight is 386 g/mol. The second kappa shape index (κ2) is 11.7. The summed E-state index contributed by atoms with van der Waals surface area (Å²) in [4.78, 5) is 7.05. The summed E-state index contributed by atoms with van der Waals surface area (Å²) in [6.07, 6.45) is 0. The maximum Gasteiger partial charge on any atom is 0.120 e. The highest BCUT2D eigenvalue weighted by molar-refractivity contribution is 5.32. The average Bonchev–Trinajstić information content (AvgIpc) is 2.71. The van der Waals surface area contributed by atoms with Crippen LogP contribution in [0.3, 0.4) is 0 Å². The molecule has 2 N–H and O–H groups in total. The van der Waals surface area contributed by atoms with Gasteiger partial charge in [-0.3, -0.25) is 9.80 Å². The lowest BCUT2D eigenvalue weighted by atomic mass is 10.2. The minimum absolute atomic E-state index is 0.372. The van der Waals surface area contributed by atoms with Gasteiger partial charge < -0.3 is 15.1 Å². The van der Waals surface area contributed by atoms with Crippen LogP contribution in [0.2, 0.25) is 0 Å². The number of phenolic OH excluding ortho intramolecular Hbond substituents is 2. The Morgan fingerprint density at radius 3 is 1.39 bits per heavy atom. The molecule has 28 heavy (non-hydrogen) atoms. The number of nitrogens with zero attached hydrogens (tertiary/aromatic N) is 3. The van der Waals surface area contributed by atoms with Crippen LogP contribution < -0.4 is 0 Å². The van der Waals surface area contributed by atoms with E-state index in [4.69, 9.17) is 0 Å². The SMILES string of the molecule is CCN(CCN(C)CCN(CC)Cc1ccccc1O)Cc1ccccc1O. The van der Waals surface area contributed by atoms with E-state index in [2.05, 4.69) is 35.6 Å². The molecule has 0 aliphatic heterocycles. The van der Waals surface area contributed by atoms with E-state index >= 15 is 0 Å². The predicted molar refractivity (Wildman–Crippen MR) is 116 cm³/mol. The zero-order valence-electron chi connectivity index (χ0n) is 17.5. The van der Waals surface area contributed by atoms with E-state index in [9.17, 15) is 10.2 Å². The molecule has 0 fully saturated rings. The molecule has 0 radical (unpaired) electrons. The molecule has 5 nitrogen and oxygen atoms in total. The number of phenols is 2. The molecule has 5 heteroatoms. The Hall–Kier alpha value is -2.08. The molecule has 0 atom stereocenters. The van der Waals surface area contributed by atoms with Gasteiger partial charge in [-0.15, -0.1) is 0 Å². The van der Waals surface area contributed by atoms with E-state index in [1.165, 1.54) is 0 Å². The van der Waals surface area contributed by atoms with E-state index < -0.39 is 0 Å². The van der Waals surface area contributed by atoms with Gasteiger partial charge in [-0.1, -0.05) is 50.2 Å². The Balaban J connectivity index is 1.76. The summed E-state index contributed by atoms with van der Waals surface area (Å²) < 4.78 is 0. The summed E-state index contributed by atoms with van der Waals surface area (Å²) in [5.41, 5.74) is 1.96. The fourth-order valence-corrected chi connectivity index (χ4v) is 3.20. The molecule has 0 aliphatic rings. The number of rotatable bonds is 12. The van der Waals surface area contributed by atoms with E-state index in [0.29, 0.717) is 11.5 Å². The standard InChI is InChI=1S/C23H35N3O2/c1-4-25(18-20-10-6-8-12-22(20)27)16-14-24(3)15-17-26(5-2)19-21-11-7-9-13-23(21)28/h6-13,27-28H,4-5,14-19H2,1-3H3. The Morgan fingerprint density at radius 1 is 0.643 bits per heavy atom. The Kier molecular flexibility index (Phi) is 9.28. The number of hydrogen-bond donors (Lipinski definition) is 2. The molecule has 0 spiro atoms. The van der Waals surface area contributed by atoms with Crippen molar-refractivity contribution in [2.24, 2.45) is 0 Å². The molecule has 2 aromatic rings. The van der Waals surface area contributed by atoms with E-state index in [-0.39, 0.29) is 0 Å². The van der Waals surface area contributed by atoms with Crippen molar-refractivity contribution in [3.63, 3.8) is 0 Å². The minimum Gasteiger partial charge on any atom is -0.508 e. The van der Waals surface area contributed by atoms with Crippen molar-refractivity contribution in [2.75, 3.05) is 46.3 Å². The van der Waals surface area contributed by atoms with Gasteiger partial charge in [-0.25, -0.2) is 0 Å². The number of benzene rings is 2. The van der Waals surface area contributed by atoms with Gasteiger partial charge in [0, 0.05) is 50.4 Å². The highest BCUT2D eigenvalue weighted by Crippen LogP contribution is 2.18. The van der Waals surface area contributed by atoms with Crippen molar-refractivity contribution in [3.05, 3.63) is 59.7 Å². The van der Waals surface area contributed by atoms with Crippen molar-refractivity contribution in [3.8, 4) is 11.5 Å². The molecule has 0 amide bonds. The van der Waals surface area contributed by atoms with Crippen molar-refractivity contribution < 1.29 is 10.2 Å². The smallest absolute Gasteiger partial charge is 0.120 e. The Bertz CT molecular complexity index is 648. The van der Waals surface area contributed by atoms with E-state index in [1.807, 2.05) is 36.4 Å². The van der Waals surface area contributed by atoms with Gasteiger partial charge in [0.05, 0.1) is 0 Å². The fraction of sp³-hybridized carbons (Fsp3) is 0.478. The van der Waals surface area contributed by atoms with Crippen LogP contribution in [0, 0.1) is 0 Å². The molecule has 0 aliphatic carbocycles. The predicted octanol–water partition coefficient (Wildman–Crippen LogP) is 3.37. The molecule has 154 valence electrons. The third-order valence-corrected chi connectivity index (χ3v) is 5.26. The van der Waals surface area contributed by atoms with Gasteiger partial charge in [0.15, 0.2) is 0 Å². The summed E-state index contributed by atoms with van der Waals surface area (Å²) in [5, 5.41) is 20.0. The second-order valence-corrected chi connectivity index (χ2v) is 7.30. The zero-order chi connectivity index (χ0) is 20.4. The number of likely N-dealkylation sites (N-methyl/N-ethyl adjacent to an activating group) is 3. The first-order valence-corrected chi connectivity index (χ1v) is 10.2. The molecule has 0 saturated carbocycles. The van der Waals surface area contributed by atoms with Crippen LogP contribution >= 0.6 is 0 Å². The number of hydrogen-bond acceptors (Lipinski definition) is 5. The molecular weight excluding hydrogens is 350 g/mol. The molecule has 0 aromatic heterocycles. The normalized spacial score (nSPS) is 11.6. The van der Waals surface area contributed by atoms with E-state index in [0.717, 1.165) is 63.5 Å². The molecule has 2 rings (SSSR count). The van der Waals surface area contributed by atoms with E-state index in [1.54, 1.807) is 12.1 Å². The summed E-state index contributed by atoms with van der Waals surface area (Å²) in [5.74, 6) is 0.745. The van der Waals surface area contributed by atoms with Crippen LogP contribution in [-0.2, 0) is 13.1 Å². The van der Waals surface area contributed by atoms with Crippen LogP contribution in [0.5, 0.6) is 11.5 Å². The third kappa shape index (κ3) is 7.15. The van der Waals surface area contributed by atoms with Gasteiger partial charge >= 0.3 is 0 Å². The van der Waals surface area contributed by atoms with Crippen LogP contribution in [0.15, 0.2) is 48.5 Å². The second-order valence-electron chi connectivity index (χ2n) is 7.30. The zero-order valence-corrected chi connectivity index (χ0v) is 17.5. The van der Waals surface area contributed by atoms with Gasteiger partial charge in [0.2, 0.25) is 0 Å². The molecule has 0 heterocycles. The topological polar surface area (TPSA) is 50.2 Å². The maximum absolute atomic E-state index is 9.98. The van der Waals surface area contributed by atoms with Crippen molar-refractivity contribution >= 4 is 0 Å². The largest absolute Gasteiger partial charge is 0.508 e. The number of aromatic hydroxyl groups is 2. The van der Waals surface area contributed by atoms with Crippen molar-refractivity contribution in [1.82, 2.24) is 14.7 Å². The lowest BCUT2D eigenvalue weighted by molar-refractivity contribution is 0.195.